The van der Waals surface area contributed by atoms with Gasteiger partial charge in [0.15, 0.2) is 11.5 Å². The molecule has 1 N–H and O–H groups in total. The molecule has 5 rings (SSSR count). The van der Waals surface area contributed by atoms with Crippen LogP contribution < -0.4 is 14.8 Å². The molecule has 3 aromatic rings. The molecule has 0 radical (unpaired) electrons. The number of benzene rings is 2. The number of aliphatic imine (C=N–C) groups is 1. The average Bonchev–Trinajstić information content (AvgIpc) is 3.35. The summed E-state index contributed by atoms with van der Waals surface area (Å²) in [6.07, 6.45) is 0. The third kappa shape index (κ3) is 2.68. The van der Waals surface area contributed by atoms with Gasteiger partial charge in [0.05, 0.1) is 6.04 Å². The Labute approximate surface area is 160 Å². The minimum Gasteiger partial charge on any atom is -0.454 e. The molecule has 2 aromatic carbocycles. The number of nitrogens with one attached hydrogen (secondary N) is 1. The number of carbonyl (C=O) groups excluding carboxylic acids is 1. The van der Waals surface area contributed by atoms with E-state index in [-0.39, 0.29) is 12.7 Å². The van der Waals surface area contributed by atoms with Gasteiger partial charge < -0.3 is 14.8 Å². The lowest BCUT2D eigenvalue weighted by Gasteiger charge is -2.29. The summed E-state index contributed by atoms with van der Waals surface area (Å²) in [6, 6.07) is 14.4. The van der Waals surface area contributed by atoms with Crippen molar-refractivity contribution in [2.45, 2.75) is 13.0 Å². The molecule has 140 valence electrons. The van der Waals surface area contributed by atoms with Crippen molar-refractivity contribution in [2.75, 3.05) is 12.1 Å². The highest BCUT2D eigenvalue weighted by Gasteiger charge is 2.39. The van der Waals surface area contributed by atoms with E-state index in [1.54, 1.807) is 4.68 Å². The summed E-state index contributed by atoms with van der Waals surface area (Å²) in [5, 5.41) is 14.7. The van der Waals surface area contributed by atoms with Crippen molar-refractivity contribution in [3.05, 3.63) is 54.1 Å². The van der Waals surface area contributed by atoms with Crippen LogP contribution >= 0.6 is 0 Å². The second-order valence-corrected chi connectivity index (χ2v) is 6.57. The quantitative estimate of drug-likeness (QED) is 0.753. The summed E-state index contributed by atoms with van der Waals surface area (Å²) in [6.45, 7) is 1.99. The van der Waals surface area contributed by atoms with E-state index in [1.807, 2.05) is 55.5 Å². The van der Waals surface area contributed by atoms with Crippen LogP contribution in [0.15, 0.2) is 53.5 Å². The molecule has 1 aromatic heterocycles. The topological polar surface area (TPSA) is 104 Å². The van der Waals surface area contributed by atoms with Crippen LogP contribution in [0, 0.1) is 5.92 Å². The van der Waals surface area contributed by atoms with Gasteiger partial charge in [0, 0.05) is 11.4 Å². The number of para-hydroxylation sites is 1. The van der Waals surface area contributed by atoms with Crippen molar-refractivity contribution < 1.29 is 14.3 Å². The number of ether oxygens (including phenoxy) is 2. The van der Waals surface area contributed by atoms with E-state index in [0.29, 0.717) is 28.8 Å². The summed E-state index contributed by atoms with van der Waals surface area (Å²) in [4.78, 5) is 17.6. The Morgan fingerprint density at radius 3 is 2.82 bits per heavy atom. The molecule has 2 aliphatic rings. The average molecular weight is 376 g/mol. The molecule has 0 aliphatic carbocycles. The standard InChI is InChI=1S/C19H16N6O3/c1-11-16(18(26)21-13-5-3-2-4-6-13)17(25-19(20-11)22-23-24-25)12-7-8-14-15(9-12)28-10-27-14/h2-9,16-17H,10H2,1H3,(H,21,26). The third-order valence-electron chi connectivity index (χ3n) is 4.84. The number of hydrogen-bond acceptors (Lipinski definition) is 7. The fourth-order valence-electron chi connectivity index (χ4n) is 3.54. The van der Waals surface area contributed by atoms with E-state index in [0.717, 1.165) is 5.56 Å². The predicted octanol–water partition coefficient (Wildman–Crippen LogP) is 2.35. The van der Waals surface area contributed by atoms with Gasteiger partial charge in [0.25, 0.3) is 5.95 Å². The van der Waals surface area contributed by atoms with Gasteiger partial charge in [-0.05, 0) is 47.2 Å². The fraction of sp³-hybridized carbons (Fsp3) is 0.211. The predicted molar refractivity (Wildman–Crippen MR) is 99.9 cm³/mol. The van der Waals surface area contributed by atoms with Crippen molar-refractivity contribution in [3.8, 4) is 11.5 Å². The summed E-state index contributed by atoms with van der Waals surface area (Å²) in [5.74, 6) is 0.901. The van der Waals surface area contributed by atoms with Gasteiger partial charge in [-0.15, -0.1) is 0 Å². The molecular weight excluding hydrogens is 360 g/mol. The number of nitrogens with zero attached hydrogens (tertiary/aromatic N) is 5. The molecule has 0 fully saturated rings. The van der Waals surface area contributed by atoms with Gasteiger partial charge in [-0.1, -0.05) is 29.4 Å². The second kappa shape index (κ2) is 6.45. The summed E-state index contributed by atoms with van der Waals surface area (Å²) < 4.78 is 12.5. The number of aromatic nitrogens is 4. The van der Waals surface area contributed by atoms with Gasteiger partial charge in [-0.25, -0.2) is 9.67 Å². The number of carbonyl (C=O) groups is 1. The van der Waals surface area contributed by atoms with Crippen molar-refractivity contribution >= 4 is 23.3 Å². The zero-order valence-electron chi connectivity index (χ0n) is 14.9. The highest BCUT2D eigenvalue weighted by molar-refractivity contribution is 6.10. The molecule has 3 heterocycles. The molecule has 0 saturated heterocycles. The van der Waals surface area contributed by atoms with E-state index < -0.39 is 12.0 Å². The zero-order valence-corrected chi connectivity index (χ0v) is 14.9. The van der Waals surface area contributed by atoms with E-state index in [4.69, 9.17) is 9.47 Å². The first-order valence-corrected chi connectivity index (χ1v) is 8.79. The maximum Gasteiger partial charge on any atom is 0.269 e. The Morgan fingerprint density at radius 2 is 1.96 bits per heavy atom. The van der Waals surface area contributed by atoms with Crippen LogP contribution in [0.1, 0.15) is 18.5 Å². The molecule has 0 saturated carbocycles. The Kier molecular flexibility index (Phi) is 3.78. The van der Waals surface area contributed by atoms with Crippen molar-refractivity contribution in [2.24, 2.45) is 10.9 Å². The van der Waals surface area contributed by atoms with Crippen molar-refractivity contribution in [3.63, 3.8) is 0 Å². The van der Waals surface area contributed by atoms with Crippen LogP contribution in [-0.4, -0.2) is 38.6 Å². The number of hydrogen-bond donors (Lipinski definition) is 1. The number of anilines is 1. The molecule has 28 heavy (non-hydrogen) atoms. The normalized spacial score (nSPS) is 19.7. The molecule has 2 atom stereocenters. The van der Waals surface area contributed by atoms with Gasteiger partial charge >= 0.3 is 0 Å². The molecule has 1 amide bonds. The first kappa shape index (κ1) is 16.4. The Balaban J connectivity index is 1.57. The molecule has 9 nitrogen and oxygen atoms in total. The van der Waals surface area contributed by atoms with Crippen LogP contribution in [-0.2, 0) is 4.79 Å². The lowest BCUT2D eigenvalue weighted by Crippen LogP contribution is -2.39. The number of rotatable bonds is 3. The maximum atomic E-state index is 13.2. The largest absolute Gasteiger partial charge is 0.454 e. The zero-order chi connectivity index (χ0) is 19.1. The first-order chi connectivity index (χ1) is 13.7. The van der Waals surface area contributed by atoms with E-state index in [2.05, 4.69) is 25.8 Å². The van der Waals surface area contributed by atoms with Crippen molar-refractivity contribution in [1.29, 1.82) is 0 Å². The van der Waals surface area contributed by atoms with Crippen LogP contribution in [0.3, 0.4) is 0 Å². The van der Waals surface area contributed by atoms with E-state index in [9.17, 15) is 4.79 Å². The molecule has 2 unspecified atom stereocenters. The number of fused-ring (bicyclic) bond motifs is 2. The molecule has 0 spiro atoms. The van der Waals surface area contributed by atoms with Crippen LogP contribution in [0.2, 0.25) is 0 Å². The number of tetrazole rings is 1. The molecule has 0 bridgehead atoms. The van der Waals surface area contributed by atoms with Gasteiger partial charge in [-0.2, -0.15) is 0 Å². The van der Waals surface area contributed by atoms with Gasteiger partial charge in [0.2, 0.25) is 12.7 Å². The smallest absolute Gasteiger partial charge is 0.269 e. The summed E-state index contributed by atoms with van der Waals surface area (Å²) in [7, 11) is 0. The van der Waals surface area contributed by atoms with E-state index in [1.165, 1.54) is 0 Å². The number of amides is 1. The minimum absolute atomic E-state index is 0.179. The van der Waals surface area contributed by atoms with E-state index >= 15 is 0 Å². The summed E-state index contributed by atoms with van der Waals surface area (Å²) >= 11 is 0. The molecule has 9 heteroatoms. The Bertz CT molecular complexity index is 1080. The molecule has 2 aliphatic heterocycles. The minimum atomic E-state index is -0.587. The highest BCUT2D eigenvalue weighted by Crippen LogP contribution is 2.40. The highest BCUT2D eigenvalue weighted by atomic mass is 16.7. The monoisotopic (exact) mass is 376 g/mol. The SMILES string of the molecule is CC1=Nc2nnnn2C(c2ccc3c(c2)OCO3)C1C(=O)Nc1ccccc1. The van der Waals surface area contributed by atoms with Gasteiger partial charge in [-0.3, -0.25) is 4.79 Å². The van der Waals surface area contributed by atoms with Crippen molar-refractivity contribution in [1.82, 2.24) is 20.2 Å². The second-order valence-electron chi connectivity index (χ2n) is 6.57. The lowest BCUT2D eigenvalue weighted by molar-refractivity contribution is -0.118. The Hall–Kier alpha value is -3.75. The first-order valence-electron chi connectivity index (χ1n) is 8.79. The molecular formula is C19H16N6O3. The lowest BCUT2D eigenvalue weighted by atomic mass is 9.87. The Morgan fingerprint density at radius 1 is 1.14 bits per heavy atom. The fourth-order valence-corrected chi connectivity index (χ4v) is 3.54. The van der Waals surface area contributed by atoms with Gasteiger partial charge in [0.1, 0.15) is 5.92 Å². The van der Waals surface area contributed by atoms with Crippen LogP contribution in [0.4, 0.5) is 11.6 Å². The maximum absolute atomic E-state index is 13.2. The third-order valence-corrected chi connectivity index (χ3v) is 4.84. The summed E-state index contributed by atoms with van der Waals surface area (Å²) in [5.41, 5.74) is 2.19. The van der Waals surface area contributed by atoms with Crippen LogP contribution in [0.5, 0.6) is 11.5 Å². The van der Waals surface area contributed by atoms with Crippen LogP contribution in [0.25, 0.3) is 0 Å².